The van der Waals surface area contributed by atoms with Gasteiger partial charge in [0.05, 0.1) is 19.2 Å². The highest BCUT2D eigenvalue weighted by atomic mass is 16.5. The lowest BCUT2D eigenvalue weighted by atomic mass is 9.77. The van der Waals surface area contributed by atoms with E-state index < -0.39 is 17.6 Å². The summed E-state index contributed by atoms with van der Waals surface area (Å²) in [7, 11) is 1.17. The first kappa shape index (κ1) is 11.9. The maximum absolute atomic E-state index is 11.5. The second-order valence-corrected chi connectivity index (χ2v) is 3.76. The predicted octanol–water partition coefficient (Wildman–Crippen LogP) is -1.48. The van der Waals surface area contributed by atoms with E-state index >= 15 is 0 Å². The number of amides is 1. The highest BCUT2D eigenvalue weighted by molar-refractivity contribution is 5.87. The second-order valence-electron chi connectivity index (χ2n) is 3.76. The molecule has 0 spiro atoms. The van der Waals surface area contributed by atoms with E-state index in [0.29, 0.717) is 12.8 Å². The molecule has 1 fully saturated rings. The number of rotatable bonds is 4. The Kier molecular flexibility index (Phi) is 3.65. The molecule has 1 saturated carbocycles. The van der Waals surface area contributed by atoms with Crippen molar-refractivity contribution >= 4 is 11.9 Å². The van der Waals surface area contributed by atoms with Crippen LogP contribution in [0.5, 0.6) is 0 Å². The molecule has 4 N–H and O–H groups in total. The molecular formula is C9H16N2O4. The Morgan fingerprint density at radius 3 is 2.60 bits per heavy atom. The molecule has 1 aliphatic carbocycles. The molecule has 1 rings (SSSR count). The molecule has 1 aliphatic rings. The summed E-state index contributed by atoms with van der Waals surface area (Å²) in [6.07, 6.45) is 0.895. The van der Waals surface area contributed by atoms with E-state index in [-0.39, 0.29) is 12.5 Å². The van der Waals surface area contributed by atoms with E-state index in [1.54, 1.807) is 0 Å². The van der Waals surface area contributed by atoms with Crippen LogP contribution < -0.4 is 11.1 Å². The Hall–Kier alpha value is -1.14. The van der Waals surface area contributed by atoms with Crippen LogP contribution >= 0.6 is 0 Å². The monoisotopic (exact) mass is 216 g/mol. The Morgan fingerprint density at radius 2 is 2.20 bits per heavy atom. The van der Waals surface area contributed by atoms with Gasteiger partial charge < -0.3 is 20.9 Å². The minimum atomic E-state index is -1.33. The largest absolute Gasteiger partial charge is 0.467 e. The first-order valence-corrected chi connectivity index (χ1v) is 4.83. The topological polar surface area (TPSA) is 102 Å². The summed E-state index contributed by atoms with van der Waals surface area (Å²) in [6.45, 7) is -0.162. The molecule has 0 saturated heterocycles. The zero-order valence-corrected chi connectivity index (χ0v) is 8.66. The number of carbonyl (C=O) groups excluding carboxylic acids is 2. The van der Waals surface area contributed by atoms with Crippen molar-refractivity contribution in [3.63, 3.8) is 0 Å². The molecule has 0 aromatic rings. The molecular weight excluding hydrogens is 200 g/mol. The number of nitrogens with one attached hydrogen (secondary N) is 1. The summed E-state index contributed by atoms with van der Waals surface area (Å²) < 4.78 is 4.30. The fourth-order valence-electron chi connectivity index (χ4n) is 1.37. The van der Waals surface area contributed by atoms with Crippen LogP contribution in [0.1, 0.15) is 19.3 Å². The summed E-state index contributed by atoms with van der Waals surface area (Å²) in [5.74, 6) is -1.09. The van der Waals surface area contributed by atoms with Crippen molar-refractivity contribution in [1.82, 2.24) is 5.32 Å². The van der Waals surface area contributed by atoms with Crippen LogP contribution in [0.4, 0.5) is 0 Å². The molecule has 1 atom stereocenters. The van der Waals surface area contributed by atoms with Crippen LogP contribution in [0.2, 0.25) is 0 Å². The number of esters is 1. The Bertz CT molecular complexity index is 263. The van der Waals surface area contributed by atoms with Gasteiger partial charge in [-0.1, -0.05) is 0 Å². The average Bonchev–Trinajstić information content (AvgIpc) is 2.20. The lowest BCUT2D eigenvalue weighted by molar-refractivity contribution is -0.150. The molecule has 0 aliphatic heterocycles. The predicted molar refractivity (Wildman–Crippen MR) is 51.8 cm³/mol. The summed E-state index contributed by atoms with van der Waals surface area (Å²) in [4.78, 5) is 22.3. The smallest absolute Gasteiger partial charge is 0.336 e. The first-order chi connectivity index (χ1) is 6.99. The van der Waals surface area contributed by atoms with Crippen molar-refractivity contribution in [3.05, 3.63) is 0 Å². The van der Waals surface area contributed by atoms with Crippen molar-refractivity contribution in [2.75, 3.05) is 13.7 Å². The molecule has 6 nitrogen and oxygen atoms in total. The Morgan fingerprint density at radius 1 is 1.60 bits per heavy atom. The number of hydrogen-bond donors (Lipinski definition) is 3. The van der Waals surface area contributed by atoms with Crippen LogP contribution in [-0.2, 0) is 14.3 Å². The quantitative estimate of drug-likeness (QED) is 0.497. The van der Waals surface area contributed by atoms with Crippen molar-refractivity contribution in [2.45, 2.75) is 30.9 Å². The SMILES string of the molecule is COC(=O)C(O)CNC(=O)C1(N)CCC1. The molecule has 86 valence electrons. The van der Waals surface area contributed by atoms with Gasteiger partial charge in [-0.3, -0.25) is 4.79 Å². The highest BCUT2D eigenvalue weighted by Crippen LogP contribution is 2.28. The van der Waals surface area contributed by atoms with E-state index in [4.69, 9.17) is 5.73 Å². The fourth-order valence-corrected chi connectivity index (χ4v) is 1.37. The maximum Gasteiger partial charge on any atom is 0.336 e. The third kappa shape index (κ3) is 2.66. The second kappa shape index (κ2) is 4.59. The van der Waals surface area contributed by atoms with Gasteiger partial charge in [-0.25, -0.2) is 4.79 Å². The van der Waals surface area contributed by atoms with E-state index in [1.165, 1.54) is 7.11 Å². The molecule has 1 unspecified atom stereocenters. The van der Waals surface area contributed by atoms with Crippen molar-refractivity contribution in [2.24, 2.45) is 5.73 Å². The number of hydrogen-bond acceptors (Lipinski definition) is 5. The van der Waals surface area contributed by atoms with E-state index in [1.807, 2.05) is 0 Å². The van der Waals surface area contributed by atoms with Gasteiger partial charge in [-0.2, -0.15) is 0 Å². The minimum Gasteiger partial charge on any atom is -0.467 e. The number of aliphatic hydroxyl groups is 1. The van der Waals surface area contributed by atoms with Gasteiger partial charge in [0, 0.05) is 0 Å². The normalized spacial score (nSPS) is 19.9. The van der Waals surface area contributed by atoms with Crippen molar-refractivity contribution in [1.29, 1.82) is 0 Å². The standard InChI is InChI=1S/C9H16N2O4/c1-15-7(13)6(12)5-11-8(14)9(10)3-2-4-9/h6,12H,2-5,10H2,1H3,(H,11,14). The van der Waals surface area contributed by atoms with Crippen molar-refractivity contribution < 1.29 is 19.4 Å². The number of aliphatic hydroxyl groups excluding tert-OH is 1. The molecule has 0 heterocycles. The lowest BCUT2D eigenvalue weighted by Gasteiger charge is -2.36. The molecule has 15 heavy (non-hydrogen) atoms. The number of nitrogens with two attached hydrogens (primary N) is 1. The summed E-state index contributed by atoms with van der Waals surface area (Å²) in [5.41, 5.74) is 4.92. The molecule has 0 aromatic heterocycles. The van der Waals surface area contributed by atoms with E-state index in [0.717, 1.165) is 6.42 Å². The summed E-state index contributed by atoms with van der Waals surface area (Å²) in [5, 5.41) is 11.6. The first-order valence-electron chi connectivity index (χ1n) is 4.83. The van der Waals surface area contributed by atoms with Gasteiger partial charge in [0.25, 0.3) is 0 Å². The molecule has 0 radical (unpaired) electrons. The molecule has 6 heteroatoms. The summed E-state index contributed by atoms with van der Waals surface area (Å²) in [6, 6.07) is 0. The van der Waals surface area contributed by atoms with Gasteiger partial charge in [-0.05, 0) is 19.3 Å². The Balaban J connectivity index is 2.30. The molecule has 0 aromatic carbocycles. The molecule has 0 bridgehead atoms. The van der Waals surface area contributed by atoms with Crippen LogP contribution in [-0.4, -0.2) is 42.3 Å². The van der Waals surface area contributed by atoms with Crippen LogP contribution in [0.25, 0.3) is 0 Å². The fraction of sp³-hybridized carbons (Fsp3) is 0.778. The highest BCUT2D eigenvalue weighted by Gasteiger charge is 2.40. The van der Waals surface area contributed by atoms with Gasteiger partial charge in [0.2, 0.25) is 5.91 Å². The van der Waals surface area contributed by atoms with E-state index in [9.17, 15) is 14.7 Å². The Labute approximate surface area is 87.8 Å². The van der Waals surface area contributed by atoms with Crippen molar-refractivity contribution in [3.8, 4) is 0 Å². The maximum atomic E-state index is 11.5. The number of ether oxygens (including phenoxy) is 1. The van der Waals surface area contributed by atoms with Gasteiger partial charge >= 0.3 is 5.97 Å². The van der Waals surface area contributed by atoms with Crippen LogP contribution in [0.15, 0.2) is 0 Å². The number of methoxy groups -OCH3 is 1. The lowest BCUT2D eigenvalue weighted by Crippen LogP contribution is -2.59. The molecule has 1 amide bonds. The third-order valence-corrected chi connectivity index (χ3v) is 2.63. The average molecular weight is 216 g/mol. The number of carbonyl (C=O) groups is 2. The van der Waals surface area contributed by atoms with Crippen LogP contribution in [0, 0.1) is 0 Å². The zero-order chi connectivity index (χ0) is 11.5. The summed E-state index contributed by atoms with van der Waals surface area (Å²) >= 11 is 0. The van der Waals surface area contributed by atoms with Gasteiger partial charge in [0.15, 0.2) is 6.10 Å². The van der Waals surface area contributed by atoms with Gasteiger partial charge in [0.1, 0.15) is 0 Å². The zero-order valence-electron chi connectivity index (χ0n) is 8.66. The third-order valence-electron chi connectivity index (χ3n) is 2.63. The van der Waals surface area contributed by atoms with E-state index in [2.05, 4.69) is 10.1 Å². The van der Waals surface area contributed by atoms with Gasteiger partial charge in [-0.15, -0.1) is 0 Å². The van der Waals surface area contributed by atoms with Crippen LogP contribution in [0.3, 0.4) is 0 Å². The minimum absolute atomic E-state index is 0.162.